The van der Waals surface area contributed by atoms with E-state index in [1.165, 1.54) is 7.11 Å². The van der Waals surface area contributed by atoms with E-state index in [0.29, 0.717) is 30.1 Å². The maximum atomic E-state index is 12.0. The monoisotopic (exact) mass is 277 g/mol. The fourth-order valence-corrected chi connectivity index (χ4v) is 1.91. The minimum absolute atomic E-state index is 0.0702. The number of nitrogen functional groups attached to an aromatic ring is 1. The van der Waals surface area contributed by atoms with Gasteiger partial charge >= 0.3 is 0 Å². The zero-order valence-electron chi connectivity index (χ0n) is 11.4. The molecule has 1 aromatic rings. The summed E-state index contributed by atoms with van der Waals surface area (Å²) in [5.41, 5.74) is 6.55. The molecule has 6 nitrogen and oxygen atoms in total. The van der Waals surface area contributed by atoms with Gasteiger partial charge in [-0.05, 0) is 25.0 Å². The number of para-hydroxylation sites is 1. The SMILES string of the molecule is COc1c(N)cccc1C(=O)NCCNC(=O)C1CC1. The molecule has 0 spiro atoms. The lowest BCUT2D eigenvalue weighted by Gasteiger charge is -2.11. The number of carbonyl (C=O) groups excluding carboxylic acids is 2. The summed E-state index contributed by atoms with van der Waals surface area (Å²) in [4.78, 5) is 23.4. The van der Waals surface area contributed by atoms with Gasteiger partial charge in [0.1, 0.15) is 0 Å². The average molecular weight is 277 g/mol. The molecular weight excluding hydrogens is 258 g/mol. The van der Waals surface area contributed by atoms with Gasteiger partial charge in [0.2, 0.25) is 5.91 Å². The molecule has 1 fully saturated rings. The van der Waals surface area contributed by atoms with E-state index in [1.54, 1.807) is 18.2 Å². The molecule has 0 atom stereocenters. The average Bonchev–Trinajstić information content (AvgIpc) is 3.27. The molecule has 20 heavy (non-hydrogen) atoms. The summed E-state index contributed by atoms with van der Waals surface area (Å²) < 4.78 is 5.13. The van der Waals surface area contributed by atoms with E-state index in [-0.39, 0.29) is 17.7 Å². The van der Waals surface area contributed by atoms with E-state index in [9.17, 15) is 9.59 Å². The van der Waals surface area contributed by atoms with Gasteiger partial charge in [-0.1, -0.05) is 6.07 Å². The molecule has 0 heterocycles. The predicted octanol–water partition coefficient (Wildman–Crippen LogP) is 0.533. The number of benzene rings is 1. The smallest absolute Gasteiger partial charge is 0.255 e. The highest BCUT2D eigenvalue weighted by Gasteiger charge is 2.29. The molecule has 108 valence electrons. The molecule has 0 radical (unpaired) electrons. The van der Waals surface area contributed by atoms with Gasteiger partial charge in [0.05, 0.1) is 18.4 Å². The van der Waals surface area contributed by atoms with Crippen molar-refractivity contribution in [3.05, 3.63) is 23.8 Å². The number of hydrogen-bond acceptors (Lipinski definition) is 4. The summed E-state index contributed by atoms with van der Waals surface area (Å²) in [5.74, 6) is 0.349. The Bertz CT molecular complexity index is 512. The van der Waals surface area contributed by atoms with Crippen LogP contribution in [0, 0.1) is 5.92 Å². The molecule has 1 aromatic carbocycles. The Morgan fingerprint density at radius 1 is 1.30 bits per heavy atom. The molecule has 2 rings (SSSR count). The molecule has 1 aliphatic rings. The zero-order valence-corrected chi connectivity index (χ0v) is 11.4. The van der Waals surface area contributed by atoms with Crippen molar-refractivity contribution in [3.63, 3.8) is 0 Å². The van der Waals surface area contributed by atoms with Crippen molar-refractivity contribution in [3.8, 4) is 5.75 Å². The third-order valence-corrected chi connectivity index (χ3v) is 3.15. The Kier molecular flexibility index (Phi) is 4.45. The Balaban J connectivity index is 1.82. The summed E-state index contributed by atoms with van der Waals surface area (Å²) in [6.07, 6.45) is 1.94. The van der Waals surface area contributed by atoms with Crippen molar-refractivity contribution in [2.75, 3.05) is 25.9 Å². The molecular formula is C14H19N3O3. The van der Waals surface area contributed by atoms with Gasteiger partial charge in [-0.15, -0.1) is 0 Å². The van der Waals surface area contributed by atoms with Crippen LogP contribution in [0.2, 0.25) is 0 Å². The number of methoxy groups -OCH3 is 1. The van der Waals surface area contributed by atoms with E-state index in [0.717, 1.165) is 12.8 Å². The van der Waals surface area contributed by atoms with Crippen LogP contribution in [0.5, 0.6) is 5.75 Å². The largest absolute Gasteiger partial charge is 0.494 e. The summed E-state index contributed by atoms with van der Waals surface area (Å²) >= 11 is 0. The van der Waals surface area contributed by atoms with E-state index in [2.05, 4.69) is 10.6 Å². The first-order chi connectivity index (χ1) is 9.63. The van der Waals surface area contributed by atoms with Gasteiger partial charge in [-0.25, -0.2) is 0 Å². The first kappa shape index (κ1) is 14.2. The molecule has 1 aliphatic carbocycles. The Hall–Kier alpha value is -2.24. The van der Waals surface area contributed by atoms with E-state index in [4.69, 9.17) is 10.5 Å². The maximum absolute atomic E-state index is 12.0. The summed E-state index contributed by atoms with van der Waals surface area (Å²) in [6.45, 7) is 0.793. The number of ether oxygens (including phenoxy) is 1. The minimum Gasteiger partial charge on any atom is -0.494 e. The molecule has 4 N–H and O–H groups in total. The number of hydrogen-bond donors (Lipinski definition) is 3. The highest BCUT2D eigenvalue weighted by Crippen LogP contribution is 2.28. The Labute approximate surface area is 117 Å². The van der Waals surface area contributed by atoms with Gasteiger partial charge in [0, 0.05) is 19.0 Å². The fourth-order valence-electron chi connectivity index (χ4n) is 1.91. The van der Waals surface area contributed by atoms with Crippen LogP contribution in [-0.4, -0.2) is 32.0 Å². The van der Waals surface area contributed by atoms with Crippen LogP contribution in [0.25, 0.3) is 0 Å². The minimum atomic E-state index is -0.269. The second-order valence-electron chi connectivity index (χ2n) is 4.75. The van der Waals surface area contributed by atoms with Gasteiger partial charge in [0.25, 0.3) is 5.91 Å². The third kappa shape index (κ3) is 3.40. The van der Waals surface area contributed by atoms with Crippen LogP contribution in [-0.2, 0) is 4.79 Å². The van der Waals surface area contributed by atoms with Crippen molar-refractivity contribution in [2.24, 2.45) is 5.92 Å². The maximum Gasteiger partial charge on any atom is 0.255 e. The Morgan fingerprint density at radius 3 is 2.65 bits per heavy atom. The van der Waals surface area contributed by atoms with E-state index < -0.39 is 0 Å². The second kappa shape index (κ2) is 6.27. The van der Waals surface area contributed by atoms with Crippen LogP contribution in [0.1, 0.15) is 23.2 Å². The number of nitrogens with one attached hydrogen (secondary N) is 2. The van der Waals surface area contributed by atoms with Crippen LogP contribution < -0.4 is 21.1 Å². The lowest BCUT2D eigenvalue weighted by molar-refractivity contribution is -0.122. The first-order valence-electron chi connectivity index (χ1n) is 6.62. The number of nitrogens with two attached hydrogens (primary N) is 1. The highest BCUT2D eigenvalue weighted by atomic mass is 16.5. The van der Waals surface area contributed by atoms with Gasteiger partial charge in [-0.2, -0.15) is 0 Å². The zero-order chi connectivity index (χ0) is 14.5. The van der Waals surface area contributed by atoms with Gasteiger partial charge in [0.15, 0.2) is 5.75 Å². The van der Waals surface area contributed by atoms with Crippen molar-refractivity contribution in [2.45, 2.75) is 12.8 Å². The molecule has 1 saturated carbocycles. The number of anilines is 1. The second-order valence-corrected chi connectivity index (χ2v) is 4.75. The Morgan fingerprint density at radius 2 is 2.00 bits per heavy atom. The third-order valence-electron chi connectivity index (χ3n) is 3.15. The van der Waals surface area contributed by atoms with Crippen molar-refractivity contribution >= 4 is 17.5 Å². The lowest BCUT2D eigenvalue weighted by atomic mass is 10.1. The number of carbonyl (C=O) groups is 2. The van der Waals surface area contributed by atoms with E-state index in [1.807, 2.05) is 0 Å². The van der Waals surface area contributed by atoms with Gasteiger partial charge in [-0.3, -0.25) is 9.59 Å². The predicted molar refractivity (Wildman–Crippen MR) is 75.5 cm³/mol. The topological polar surface area (TPSA) is 93.4 Å². The standard InChI is InChI=1S/C14H19N3O3/c1-20-12-10(3-2-4-11(12)15)14(19)17-8-7-16-13(18)9-5-6-9/h2-4,9H,5-8,15H2,1H3,(H,16,18)(H,17,19). The quantitative estimate of drug-likeness (QED) is 0.522. The molecule has 0 aromatic heterocycles. The molecule has 0 bridgehead atoms. The number of rotatable bonds is 6. The normalized spacial score (nSPS) is 13.7. The van der Waals surface area contributed by atoms with Crippen LogP contribution in [0.3, 0.4) is 0 Å². The fraction of sp³-hybridized carbons (Fsp3) is 0.429. The number of amides is 2. The van der Waals surface area contributed by atoms with Crippen LogP contribution in [0.4, 0.5) is 5.69 Å². The summed E-state index contributed by atoms with van der Waals surface area (Å²) in [7, 11) is 1.47. The van der Waals surface area contributed by atoms with Gasteiger partial charge < -0.3 is 21.1 Å². The lowest BCUT2D eigenvalue weighted by Crippen LogP contribution is -2.35. The van der Waals surface area contributed by atoms with Crippen molar-refractivity contribution in [1.29, 1.82) is 0 Å². The van der Waals surface area contributed by atoms with Crippen molar-refractivity contribution < 1.29 is 14.3 Å². The molecule has 0 aliphatic heterocycles. The van der Waals surface area contributed by atoms with E-state index >= 15 is 0 Å². The van der Waals surface area contributed by atoms with Crippen LogP contribution >= 0.6 is 0 Å². The molecule has 0 saturated heterocycles. The summed E-state index contributed by atoms with van der Waals surface area (Å²) in [5, 5.41) is 5.51. The summed E-state index contributed by atoms with van der Waals surface area (Å²) in [6, 6.07) is 5.01. The first-order valence-corrected chi connectivity index (χ1v) is 6.62. The highest BCUT2D eigenvalue weighted by molar-refractivity contribution is 5.98. The van der Waals surface area contributed by atoms with Crippen molar-refractivity contribution in [1.82, 2.24) is 10.6 Å². The molecule has 2 amide bonds. The molecule has 6 heteroatoms. The van der Waals surface area contributed by atoms with Crippen LogP contribution in [0.15, 0.2) is 18.2 Å². The molecule has 0 unspecified atom stereocenters.